The van der Waals surface area contributed by atoms with Crippen LogP contribution in [0.5, 0.6) is 0 Å². The Labute approximate surface area is 116 Å². The molecule has 0 atom stereocenters. The number of ether oxygens (including phenoxy) is 1. The van der Waals surface area contributed by atoms with Crippen LogP contribution in [-0.4, -0.2) is 27.4 Å². The summed E-state index contributed by atoms with van der Waals surface area (Å²) in [5.74, 6) is 0.368. The van der Waals surface area contributed by atoms with Gasteiger partial charge in [-0.05, 0) is 52.9 Å². The maximum Gasteiger partial charge on any atom is 0.179 e. The zero-order valence-corrected chi connectivity index (χ0v) is 12.3. The fourth-order valence-corrected chi connectivity index (χ4v) is 4.98. The summed E-state index contributed by atoms with van der Waals surface area (Å²) in [6, 6.07) is 4.80. The monoisotopic (exact) mass is 333 g/mol. The largest absolute Gasteiger partial charge is 0.399 e. The van der Waals surface area contributed by atoms with Crippen LogP contribution in [0.3, 0.4) is 0 Å². The van der Waals surface area contributed by atoms with E-state index in [0.717, 1.165) is 12.8 Å². The van der Waals surface area contributed by atoms with E-state index in [-0.39, 0.29) is 11.7 Å². The van der Waals surface area contributed by atoms with E-state index >= 15 is 0 Å². The lowest BCUT2D eigenvalue weighted by molar-refractivity contribution is 0.0723. The molecule has 0 radical (unpaired) electrons. The maximum atomic E-state index is 12.3. The quantitative estimate of drug-likeness (QED) is 0.861. The van der Waals surface area contributed by atoms with Crippen molar-refractivity contribution in [3.05, 3.63) is 22.7 Å². The third-order valence-electron chi connectivity index (χ3n) is 3.09. The minimum absolute atomic E-state index is 0.179. The highest BCUT2D eigenvalue weighted by atomic mass is 79.9. The summed E-state index contributed by atoms with van der Waals surface area (Å²) in [6.45, 7) is 1.31. The molecule has 1 aromatic carbocycles. The van der Waals surface area contributed by atoms with Gasteiger partial charge in [-0.3, -0.25) is 0 Å². The average Bonchev–Trinajstić information content (AvgIpc) is 2.29. The van der Waals surface area contributed by atoms with E-state index in [1.165, 1.54) is 0 Å². The summed E-state index contributed by atoms with van der Waals surface area (Å²) in [5, 5.41) is 0. The van der Waals surface area contributed by atoms with Crippen molar-refractivity contribution in [1.82, 2.24) is 0 Å². The molecule has 100 valence electrons. The van der Waals surface area contributed by atoms with Crippen molar-refractivity contribution in [2.75, 3.05) is 24.7 Å². The molecule has 0 amide bonds. The number of sulfone groups is 1. The first kappa shape index (κ1) is 13.8. The molecular formula is C12H16BrNO3S. The van der Waals surface area contributed by atoms with Crippen molar-refractivity contribution >= 4 is 31.5 Å². The van der Waals surface area contributed by atoms with Gasteiger partial charge in [0.05, 0.1) is 10.6 Å². The molecular weight excluding hydrogens is 318 g/mol. The number of rotatable bonds is 3. The zero-order chi connectivity index (χ0) is 13.2. The first-order chi connectivity index (χ1) is 8.49. The number of nitrogen functional groups attached to an aromatic ring is 1. The molecule has 0 aromatic heterocycles. The fourth-order valence-electron chi connectivity index (χ4n) is 2.08. The van der Waals surface area contributed by atoms with Crippen LogP contribution < -0.4 is 5.73 Å². The van der Waals surface area contributed by atoms with Crippen molar-refractivity contribution in [1.29, 1.82) is 0 Å². The van der Waals surface area contributed by atoms with E-state index in [1.807, 2.05) is 0 Å². The Kier molecular flexibility index (Phi) is 4.29. The van der Waals surface area contributed by atoms with E-state index in [9.17, 15) is 8.42 Å². The van der Waals surface area contributed by atoms with Gasteiger partial charge in [-0.25, -0.2) is 8.42 Å². The minimum Gasteiger partial charge on any atom is -0.399 e. The third-order valence-corrected chi connectivity index (χ3v) is 5.94. The van der Waals surface area contributed by atoms with Crippen LogP contribution in [0.25, 0.3) is 0 Å². The lowest BCUT2D eigenvalue weighted by atomic mass is 10.0. The zero-order valence-electron chi connectivity index (χ0n) is 9.93. The Morgan fingerprint density at radius 1 is 1.33 bits per heavy atom. The lowest BCUT2D eigenvalue weighted by Gasteiger charge is -2.22. The number of hydrogen-bond donors (Lipinski definition) is 1. The second-order valence-corrected chi connectivity index (χ2v) is 7.38. The summed E-state index contributed by atoms with van der Waals surface area (Å²) in [4.78, 5) is 0.322. The second kappa shape index (κ2) is 5.59. The van der Waals surface area contributed by atoms with Crippen molar-refractivity contribution in [3.63, 3.8) is 0 Å². The summed E-state index contributed by atoms with van der Waals surface area (Å²) in [7, 11) is -3.27. The molecule has 2 rings (SSSR count). The molecule has 1 aliphatic heterocycles. The molecule has 18 heavy (non-hydrogen) atoms. The molecule has 0 saturated carbocycles. The van der Waals surface area contributed by atoms with Crippen LogP contribution >= 0.6 is 15.9 Å². The highest BCUT2D eigenvalue weighted by Crippen LogP contribution is 2.28. The van der Waals surface area contributed by atoms with Gasteiger partial charge in [-0.15, -0.1) is 0 Å². The third kappa shape index (κ3) is 3.24. The lowest BCUT2D eigenvalue weighted by Crippen LogP contribution is -2.23. The number of halogens is 1. The Morgan fingerprint density at radius 3 is 2.61 bits per heavy atom. The SMILES string of the molecule is Nc1ccc(S(=O)(=O)CC2CCOCC2)c(Br)c1. The van der Waals surface area contributed by atoms with Gasteiger partial charge in [-0.2, -0.15) is 0 Å². The Bertz CT molecular complexity index is 524. The second-order valence-electron chi connectivity index (χ2n) is 4.53. The predicted octanol–water partition coefficient (Wildman–Crippen LogP) is 2.23. The van der Waals surface area contributed by atoms with Crippen molar-refractivity contribution in [2.24, 2.45) is 5.92 Å². The van der Waals surface area contributed by atoms with Crippen LogP contribution in [0.15, 0.2) is 27.6 Å². The predicted molar refractivity (Wildman–Crippen MR) is 74.2 cm³/mol. The molecule has 0 aliphatic carbocycles. The highest BCUT2D eigenvalue weighted by molar-refractivity contribution is 9.10. The molecule has 2 N–H and O–H groups in total. The van der Waals surface area contributed by atoms with Gasteiger partial charge in [0.1, 0.15) is 0 Å². The van der Waals surface area contributed by atoms with E-state index in [1.54, 1.807) is 18.2 Å². The van der Waals surface area contributed by atoms with Crippen LogP contribution in [0, 0.1) is 5.92 Å². The van der Waals surface area contributed by atoms with E-state index < -0.39 is 9.84 Å². The van der Waals surface area contributed by atoms with Crippen molar-refractivity contribution < 1.29 is 13.2 Å². The molecule has 1 fully saturated rings. The molecule has 4 nitrogen and oxygen atoms in total. The summed E-state index contributed by atoms with van der Waals surface area (Å²) in [6.07, 6.45) is 1.62. The number of benzene rings is 1. The smallest absolute Gasteiger partial charge is 0.179 e. The first-order valence-electron chi connectivity index (χ1n) is 5.84. The Morgan fingerprint density at radius 2 is 2.00 bits per heavy atom. The first-order valence-corrected chi connectivity index (χ1v) is 8.29. The fraction of sp³-hybridized carbons (Fsp3) is 0.500. The summed E-state index contributed by atoms with van der Waals surface area (Å²) >= 11 is 3.26. The van der Waals surface area contributed by atoms with E-state index in [2.05, 4.69) is 15.9 Å². The van der Waals surface area contributed by atoms with Crippen LogP contribution in [0.4, 0.5) is 5.69 Å². The average molecular weight is 334 g/mol. The highest BCUT2D eigenvalue weighted by Gasteiger charge is 2.24. The number of hydrogen-bond acceptors (Lipinski definition) is 4. The van der Waals surface area contributed by atoms with Crippen LogP contribution in [0.2, 0.25) is 0 Å². The molecule has 1 heterocycles. The van der Waals surface area contributed by atoms with E-state index in [4.69, 9.17) is 10.5 Å². The standard InChI is InChI=1S/C12H16BrNO3S/c13-11-7-10(14)1-2-12(11)18(15,16)8-9-3-5-17-6-4-9/h1-2,7,9H,3-6,8,14H2. The Balaban J connectivity index is 2.19. The molecule has 6 heteroatoms. The number of anilines is 1. The van der Waals surface area contributed by atoms with E-state index in [0.29, 0.717) is 28.3 Å². The topological polar surface area (TPSA) is 69.4 Å². The maximum absolute atomic E-state index is 12.3. The Hall–Kier alpha value is -0.590. The van der Waals surface area contributed by atoms with Crippen molar-refractivity contribution in [2.45, 2.75) is 17.7 Å². The molecule has 1 aliphatic rings. The number of nitrogens with two attached hydrogens (primary N) is 1. The normalized spacial score (nSPS) is 17.8. The molecule has 0 bridgehead atoms. The minimum atomic E-state index is -3.27. The molecule has 0 unspecified atom stereocenters. The van der Waals surface area contributed by atoms with Crippen LogP contribution in [-0.2, 0) is 14.6 Å². The summed E-state index contributed by atoms with van der Waals surface area (Å²) in [5.41, 5.74) is 6.16. The van der Waals surface area contributed by atoms with Gasteiger partial charge >= 0.3 is 0 Å². The van der Waals surface area contributed by atoms with Gasteiger partial charge in [-0.1, -0.05) is 0 Å². The molecule has 0 spiro atoms. The molecule has 1 aromatic rings. The van der Waals surface area contributed by atoms with Gasteiger partial charge in [0.25, 0.3) is 0 Å². The molecule has 1 saturated heterocycles. The van der Waals surface area contributed by atoms with Gasteiger partial charge < -0.3 is 10.5 Å². The van der Waals surface area contributed by atoms with Crippen molar-refractivity contribution in [3.8, 4) is 0 Å². The van der Waals surface area contributed by atoms with Gasteiger partial charge in [0, 0.05) is 23.4 Å². The van der Waals surface area contributed by atoms with Gasteiger partial charge in [0.2, 0.25) is 0 Å². The van der Waals surface area contributed by atoms with Crippen LogP contribution in [0.1, 0.15) is 12.8 Å². The summed E-state index contributed by atoms with van der Waals surface area (Å²) < 4.78 is 30.4. The van der Waals surface area contributed by atoms with Gasteiger partial charge in [0.15, 0.2) is 9.84 Å².